The van der Waals surface area contributed by atoms with Crippen molar-refractivity contribution in [1.82, 2.24) is 5.06 Å². The van der Waals surface area contributed by atoms with E-state index in [1.54, 1.807) is 0 Å². The number of hydroxylamine groups is 2. The molecule has 1 rings (SSSR count). The monoisotopic (exact) mass is 159 g/mol. The molecule has 0 aromatic rings. The van der Waals surface area contributed by atoms with Gasteiger partial charge in [-0.2, -0.15) is 5.06 Å². The molecular weight excluding hydrogens is 154 g/mol. The Labute approximate surface area is 61.0 Å². The van der Waals surface area contributed by atoms with Gasteiger partial charge in [0, 0.05) is 0 Å². The molecule has 0 radical (unpaired) electrons. The zero-order chi connectivity index (χ0) is 7.72. The molecule has 6 nitrogen and oxygen atoms in total. The van der Waals surface area contributed by atoms with Gasteiger partial charge in [0.1, 0.15) is 11.5 Å². The number of hydrogen-bond acceptors (Lipinski definition) is 4. The molecule has 0 bridgehead atoms. The molecule has 0 aromatic heterocycles. The van der Waals surface area contributed by atoms with Crippen LogP contribution in [0.15, 0.2) is 5.57 Å². The highest BCUT2D eigenvalue weighted by molar-refractivity contribution is 6.16. The van der Waals surface area contributed by atoms with Crippen LogP contribution in [0.5, 0.6) is 0 Å². The maximum atomic E-state index is 10.5. The highest BCUT2D eigenvalue weighted by Crippen LogP contribution is 2.12. The highest BCUT2D eigenvalue weighted by Gasteiger charge is 2.33. The van der Waals surface area contributed by atoms with Crippen LogP contribution in [0.2, 0.25) is 0 Å². The molecule has 2 amide bonds. The number of amides is 2. The topological polar surface area (TPSA) is 106 Å². The zero-order valence-electron chi connectivity index (χ0n) is 5.33. The van der Waals surface area contributed by atoms with Crippen molar-refractivity contribution >= 4 is 17.8 Å². The van der Waals surface area contributed by atoms with Gasteiger partial charge in [0.2, 0.25) is 0 Å². The first-order valence-electron chi connectivity index (χ1n) is 2.47. The van der Waals surface area contributed by atoms with Crippen molar-refractivity contribution in [2.24, 2.45) is 0 Å². The second kappa shape index (κ2) is 3.07. The molecule has 6 heteroatoms. The molecule has 60 valence electrons. The summed E-state index contributed by atoms with van der Waals surface area (Å²) in [4.78, 5) is 30.7. The van der Waals surface area contributed by atoms with E-state index in [9.17, 15) is 14.4 Å². The van der Waals surface area contributed by atoms with Crippen LogP contribution in [-0.4, -0.2) is 33.5 Å². The molecule has 0 unspecified atom stereocenters. The van der Waals surface area contributed by atoms with Crippen molar-refractivity contribution in [3.05, 3.63) is 5.57 Å². The molecule has 0 atom stereocenters. The summed E-state index contributed by atoms with van der Waals surface area (Å²) in [6.45, 7) is 0. The van der Waals surface area contributed by atoms with Crippen LogP contribution in [0.25, 0.3) is 0 Å². The standard InChI is InChI=1S/C5H3NO4.H2O/c7-2-3-1-4(8)6(10)5(3)9;/h10H,1H2;1H2. The molecule has 1 aliphatic heterocycles. The Morgan fingerprint density at radius 1 is 1.45 bits per heavy atom. The van der Waals surface area contributed by atoms with E-state index in [2.05, 4.69) is 0 Å². The summed E-state index contributed by atoms with van der Waals surface area (Å²) < 4.78 is 0. The van der Waals surface area contributed by atoms with Gasteiger partial charge in [0.25, 0.3) is 11.8 Å². The first-order valence-corrected chi connectivity index (χ1v) is 2.47. The van der Waals surface area contributed by atoms with E-state index in [4.69, 9.17) is 5.21 Å². The smallest absolute Gasteiger partial charge is 0.292 e. The normalized spacial score (nSPS) is 16.5. The van der Waals surface area contributed by atoms with Crippen LogP contribution in [0.4, 0.5) is 0 Å². The van der Waals surface area contributed by atoms with Crippen LogP contribution < -0.4 is 0 Å². The third-order valence-electron chi connectivity index (χ3n) is 1.14. The quantitative estimate of drug-likeness (QED) is 0.192. The number of imide groups is 1. The molecule has 11 heavy (non-hydrogen) atoms. The van der Waals surface area contributed by atoms with Crippen molar-refractivity contribution in [2.45, 2.75) is 6.42 Å². The van der Waals surface area contributed by atoms with Crippen molar-refractivity contribution in [2.75, 3.05) is 0 Å². The van der Waals surface area contributed by atoms with E-state index in [0.29, 0.717) is 0 Å². The van der Waals surface area contributed by atoms with Gasteiger partial charge in [0.15, 0.2) is 0 Å². The molecule has 0 spiro atoms. The second-order valence-electron chi connectivity index (χ2n) is 1.77. The molecule has 0 aliphatic carbocycles. The summed E-state index contributed by atoms with van der Waals surface area (Å²) in [5, 5.41) is 8.42. The van der Waals surface area contributed by atoms with Gasteiger partial charge in [-0.25, -0.2) is 4.79 Å². The summed E-state index contributed by atoms with van der Waals surface area (Å²) in [6, 6.07) is 0. The Morgan fingerprint density at radius 3 is 2.18 bits per heavy atom. The SMILES string of the molecule is O.O=C=C1CC(=O)N(O)C1=O. The van der Waals surface area contributed by atoms with Crippen molar-refractivity contribution < 1.29 is 25.1 Å². The summed E-state index contributed by atoms with van der Waals surface area (Å²) in [5.41, 5.74) is -0.326. The Balaban J connectivity index is 0.000001000. The van der Waals surface area contributed by atoms with Gasteiger partial charge in [-0.15, -0.1) is 0 Å². The average Bonchev–Trinajstić information content (AvgIpc) is 2.17. The van der Waals surface area contributed by atoms with E-state index >= 15 is 0 Å². The Bertz CT molecular complexity index is 252. The number of carbonyl (C=O) groups excluding carboxylic acids is 3. The van der Waals surface area contributed by atoms with Gasteiger partial charge >= 0.3 is 0 Å². The van der Waals surface area contributed by atoms with Crippen LogP contribution >= 0.6 is 0 Å². The number of nitrogens with zero attached hydrogens (tertiary/aromatic N) is 1. The van der Waals surface area contributed by atoms with E-state index in [1.807, 2.05) is 0 Å². The molecule has 1 aliphatic rings. The fourth-order valence-corrected chi connectivity index (χ4v) is 0.623. The van der Waals surface area contributed by atoms with Crippen molar-refractivity contribution in [3.8, 4) is 0 Å². The van der Waals surface area contributed by atoms with Gasteiger partial charge < -0.3 is 5.48 Å². The molecule has 1 fully saturated rings. The molecule has 1 saturated heterocycles. The van der Waals surface area contributed by atoms with Crippen LogP contribution in [0.1, 0.15) is 6.42 Å². The van der Waals surface area contributed by atoms with Crippen molar-refractivity contribution in [1.29, 1.82) is 0 Å². The molecule has 0 aromatic carbocycles. The average molecular weight is 159 g/mol. The number of hydrogen-bond donors (Lipinski definition) is 1. The van der Waals surface area contributed by atoms with Crippen LogP contribution in [0.3, 0.4) is 0 Å². The minimum atomic E-state index is -0.972. The van der Waals surface area contributed by atoms with Crippen molar-refractivity contribution in [3.63, 3.8) is 0 Å². The lowest BCUT2D eigenvalue weighted by atomic mass is 10.3. The minimum absolute atomic E-state index is 0. The van der Waals surface area contributed by atoms with E-state index in [0.717, 1.165) is 0 Å². The highest BCUT2D eigenvalue weighted by atomic mass is 16.5. The van der Waals surface area contributed by atoms with Gasteiger partial charge in [0.05, 0.1) is 6.42 Å². The summed E-state index contributed by atoms with van der Waals surface area (Å²) in [7, 11) is 0. The lowest BCUT2D eigenvalue weighted by Crippen LogP contribution is -2.24. The van der Waals surface area contributed by atoms with E-state index in [-0.39, 0.29) is 22.5 Å². The molecule has 0 saturated carbocycles. The Kier molecular flexibility index (Phi) is 2.65. The number of rotatable bonds is 0. The second-order valence-corrected chi connectivity index (χ2v) is 1.77. The molecule has 3 N–H and O–H groups in total. The van der Waals surface area contributed by atoms with Crippen LogP contribution in [0, 0.1) is 0 Å². The molecule has 1 heterocycles. The van der Waals surface area contributed by atoms with Gasteiger partial charge in [-0.05, 0) is 0 Å². The fourth-order valence-electron chi connectivity index (χ4n) is 0.623. The summed E-state index contributed by atoms with van der Waals surface area (Å²) in [6.07, 6.45) is -0.348. The predicted octanol–water partition coefficient (Wildman–Crippen LogP) is -1.93. The summed E-state index contributed by atoms with van der Waals surface area (Å²) >= 11 is 0. The van der Waals surface area contributed by atoms with Gasteiger partial charge in [-0.3, -0.25) is 14.8 Å². The third-order valence-corrected chi connectivity index (χ3v) is 1.14. The molecular formula is C5H5NO5. The van der Waals surface area contributed by atoms with E-state index in [1.165, 1.54) is 5.94 Å². The van der Waals surface area contributed by atoms with Gasteiger partial charge in [-0.1, -0.05) is 0 Å². The van der Waals surface area contributed by atoms with E-state index < -0.39 is 11.8 Å². The summed E-state index contributed by atoms with van der Waals surface area (Å²) in [5.74, 6) is -0.492. The number of carbonyl (C=O) groups is 2. The zero-order valence-corrected chi connectivity index (χ0v) is 5.33. The largest absolute Gasteiger partial charge is 0.412 e. The third kappa shape index (κ3) is 1.32. The van der Waals surface area contributed by atoms with Crippen LogP contribution in [-0.2, 0) is 14.4 Å². The first kappa shape index (κ1) is 9.51. The Hall–Kier alpha value is -1.49. The Morgan fingerprint density at radius 2 is 2.00 bits per heavy atom. The lowest BCUT2D eigenvalue weighted by molar-refractivity contribution is -0.170. The minimum Gasteiger partial charge on any atom is -0.412 e. The maximum absolute atomic E-state index is 10.5. The lowest BCUT2D eigenvalue weighted by Gasteiger charge is -1.98. The predicted molar refractivity (Wildman–Crippen MR) is 31.1 cm³/mol. The fraction of sp³-hybridized carbons (Fsp3) is 0.200. The first-order chi connectivity index (χ1) is 4.66. The maximum Gasteiger partial charge on any atom is 0.292 e.